The number of ether oxygens (including phenoxy) is 1. The third-order valence-electron chi connectivity index (χ3n) is 21.4. The first kappa shape index (κ1) is 78.9. The molecule has 0 saturated carbocycles. The molecular formula is C82H108N10O11Si2. The lowest BCUT2D eigenvalue weighted by molar-refractivity contribution is -0.122. The molecule has 21 nitrogen and oxygen atoms in total. The molecule has 23 heteroatoms. The fraction of sp³-hybridized carbons (Fsp3) is 0.439. The first-order valence-corrected chi connectivity index (χ1v) is 42.9. The molecule has 0 spiro atoms. The lowest BCUT2D eigenvalue weighted by Gasteiger charge is -2.39. The van der Waals surface area contributed by atoms with Crippen LogP contribution in [0.25, 0.3) is 21.8 Å². The number of amides is 4. The van der Waals surface area contributed by atoms with Crippen LogP contribution in [0.15, 0.2) is 155 Å². The summed E-state index contributed by atoms with van der Waals surface area (Å²) in [5, 5.41) is 41.9. The van der Waals surface area contributed by atoms with Gasteiger partial charge in [0, 0.05) is 124 Å². The molecule has 8 aromatic rings. The summed E-state index contributed by atoms with van der Waals surface area (Å²) in [5.74, 6) is -0.530. The van der Waals surface area contributed by atoms with Gasteiger partial charge in [0.1, 0.15) is 11.5 Å². The number of nitrogens with zero attached hydrogens (tertiary/aromatic N) is 2. The van der Waals surface area contributed by atoms with E-state index in [1.165, 1.54) is 12.1 Å². The summed E-state index contributed by atoms with van der Waals surface area (Å²) in [6, 6.07) is 43.7. The van der Waals surface area contributed by atoms with Crippen molar-refractivity contribution in [2.45, 2.75) is 167 Å². The molecule has 10 rings (SSSR count). The standard InChI is InChI=1S/C82H108N10O11Si2/c1-81(2,3)104(7,8)102-71(65-25-29-69(93)77-67(65)27-31-75(97)89-77)53-83-41-33-55-17-21-61(22-18-55)87-79(99)59-15-11-13-57(49-59)51-85-73(95)39-47-91-43-35-63(36-44-91)101-64-37-45-92(46-38-64)48-40-74(96)86-52-58-14-12-16-60(50-58)80(100)88-62-23-19-56(20-24-62)34-42-84-54-72(103-105(9,10)82(4,5)6)66-26-30-70(94)78-68(66)28-32-76(98)90-78/h11-32,49-50,63-64,71-72,83-84,93-94H,33-48,51-54H2,1-10H3,(H,85,95)(H,86,96)(H,87,99)(H,88,100)(H,89,97)(H,90,98)/t71-,72-/m0/s1. The molecule has 0 radical (unpaired) electrons. The zero-order valence-electron chi connectivity index (χ0n) is 62.8. The van der Waals surface area contributed by atoms with Gasteiger partial charge in [0.25, 0.3) is 11.8 Å². The second kappa shape index (κ2) is 35.6. The van der Waals surface area contributed by atoms with Gasteiger partial charge in [0.05, 0.1) is 35.4 Å². The Bertz CT molecular complexity index is 4120. The predicted octanol–water partition coefficient (Wildman–Crippen LogP) is 12.7. The topological polar surface area (TPSA) is 281 Å². The number of phenols is 2. The van der Waals surface area contributed by atoms with E-state index >= 15 is 0 Å². The number of aromatic hydroxyl groups is 2. The van der Waals surface area contributed by atoms with Gasteiger partial charge in [-0.25, -0.2) is 0 Å². The summed E-state index contributed by atoms with van der Waals surface area (Å²) in [4.78, 5) is 87.5. The average molecular weight is 1470 g/mol. The number of nitrogens with one attached hydrogen (secondary N) is 8. The van der Waals surface area contributed by atoms with E-state index in [0.29, 0.717) is 98.7 Å². The molecular weight excluding hydrogens is 1360 g/mol. The third-order valence-corrected chi connectivity index (χ3v) is 30.4. The van der Waals surface area contributed by atoms with E-state index in [1.807, 2.05) is 97.1 Å². The van der Waals surface area contributed by atoms with E-state index in [4.69, 9.17) is 13.6 Å². The van der Waals surface area contributed by atoms with Crippen LogP contribution < -0.4 is 43.0 Å². The number of hydrogen-bond acceptors (Lipinski definition) is 15. The van der Waals surface area contributed by atoms with Crippen molar-refractivity contribution in [2.24, 2.45) is 0 Å². The molecule has 560 valence electrons. The van der Waals surface area contributed by atoms with Crippen molar-refractivity contribution in [2.75, 3.05) is 76.1 Å². The number of phenolic OH excluding ortho intramolecular Hbond substituents is 2. The minimum Gasteiger partial charge on any atom is -0.506 e. The molecule has 2 fully saturated rings. The van der Waals surface area contributed by atoms with Crippen LogP contribution >= 0.6 is 0 Å². The highest BCUT2D eigenvalue weighted by atomic mass is 28.4. The largest absolute Gasteiger partial charge is 0.506 e. The molecule has 2 aromatic heterocycles. The number of anilines is 2. The zero-order chi connectivity index (χ0) is 75.1. The third kappa shape index (κ3) is 22.2. The number of carbonyl (C=O) groups is 4. The number of fused-ring (bicyclic) bond motifs is 2. The Hall–Kier alpha value is -8.63. The van der Waals surface area contributed by atoms with Crippen LogP contribution in [0.4, 0.5) is 11.4 Å². The number of aromatic nitrogens is 2. The molecule has 0 bridgehead atoms. The highest BCUT2D eigenvalue weighted by molar-refractivity contribution is 6.74. The summed E-state index contributed by atoms with van der Waals surface area (Å²) in [7, 11) is -4.46. The van der Waals surface area contributed by atoms with E-state index in [9.17, 15) is 39.0 Å². The Balaban J connectivity index is 0.566. The molecule has 2 aliphatic rings. The Morgan fingerprint density at radius 2 is 0.886 bits per heavy atom. The number of carbonyl (C=O) groups excluding carboxylic acids is 4. The first-order valence-electron chi connectivity index (χ1n) is 37.1. The first-order chi connectivity index (χ1) is 50.0. The lowest BCUT2D eigenvalue weighted by atomic mass is 10.0. The minimum atomic E-state index is -2.23. The van der Waals surface area contributed by atoms with Crippen LogP contribution in [-0.2, 0) is 49.1 Å². The molecule has 4 heterocycles. The van der Waals surface area contributed by atoms with Gasteiger partial charge < -0.3 is 75.5 Å². The van der Waals surface area contributed by atoms with Crippen molar-refractivity contribution < 1.29 is 43.0 Å². The van der Waals surface area contributed by atoms with E-state index in [0.717, 1.165) is 109 Å². The highest BCUT2D eigenvalue weighted by Gasteiger charge is 2.41. The summed E-state index contributed by atoms with van der Waals surface area (Å²) < 4.78 is 20.5. The normalized spacial score (nSPS) is 15.2. The molecule has 105 heavy (non-hydrogen) atoms. The number of likely N-dealkylation sites (tertiary alicyclic amines) is 2. The van der Waals surface area contributed by atoms with Gasteiger partial charge in [-0.05, 0) is 194 Å². The van der Waals surface area contributed by atoms with Crippen LogP contribution in [0.2, 0.25) is 36.3 Å². The summed E-state index contributed by atoms with van der Waals surface area (Å²) in [5.41, 5.74) is 8.24. The predicted molar refractivity (Wildman–Crippen MR) is 422 cm³/mol. The van der Waals surface area contributed by atoms with Crippen molar-refractivity contribution in [1.82, 2.24) is 41.0 Å². The van der Waals surface area contributed by atoms with E-state index in [2.05, 4.69) is 119 Å². The van der Waals surface area contributed by atoms with Crippen LogP contribution in [-0.4, -0.2) is 148 Å². The molecule has 2 saturated heterocycles. The molecule has 2 aliphatic heterocycles. The van der Waals surface area contributed by atoms with Crippen molar-refractivity contribution in [3.63, 3.8) is 0 Å². The second-order valence-corrected chi connectivity index (χ2v) is 40.7. The Morgan fingerprint density at radius 1 is 0.505 bits per heavy atom. The minimum absolute atomic E-state index is 0.0152. The van der Waals surface area contributed by atoms with Gasteiger partial charge in [0.2, 0.25) is 22.9 Å². The number of hydrogen-bond donors (Lipinski definition) is 10. The summed E-state index contributed by atoms with van der Waals surface area (Å²) in [6.07, 6.45) is 5.62. The Kier molecular flexibility index (Phi) is 26.8. The van der Waals surface area contributed by atoms with E-state index in [1.54, 1.807) is 36.4 Å². The number of aromatic amines is 2. The fourth-order valence-corrected chi connectivity index (χ4v) is 15.5. The summed E-state index contributed by atoms with van der Waals surface area (Å²) >= 11 is 0. The number of pyridine rings is 2. The summed E-state index contributed by atoms with van der Waals surface area (Å²) in [6.45, 7) is 29.9. The molecule has 2 atom stereocenters. The van der Waals surface area contributed by atoms with Crippen molar-refractivity contribution >= 4 is 73.4 Å². The SMILES string of the molecule is CC(C)(C)[Si](C)(C)O[C@@H](CNCCc1ccc(NC(=O)c2cccc(CNC(=O)CCN3CCC(OC4CCN(CCC(=O)NCc5cccc(C(=O)Nc6ccc(CCNC[C@H](O[Si](C)(C)C(C)(C)C)c7ccc(O)c8[nH]c(=O)ccc78)cc6)c5)CC4)CC3)c2)cc1)c1ccc(O)c2[nH]c(=O)ccc12. The van der Waals surface area contributed by atoms with Gasteiger partial charge in [-0.2, -0.15) is 0 Å². The molecule has 4 amide bonds. The quantitative estimate of drug-likeness (QED) is 0.0139. The van der Waals surface area contributed by atoms with Crippen LogP contribution in [0, 0.1) is 0 Å². The van der Waals surface area contributed by atoms with Gasteiger partial charge >= 0.3 is 0 Å². The number of rotatable bonds is 32. The zero-order valence-corrected chi connectivity index (χ0v) is 64.8. The number of piperidine rings is 2. The number of H-pyrrole nitrogens is 2. The maximum absolute atomic E-state index is 13.4. The van der Waals surface area contributed by atoms with Gasteiger partial charge in [0.15, 0.2) is 16.6 Å². The number of benzene rings is 6. The highest BCUT2D eigenvalue weighted by Crippen LogP contribution is 2.43. The van der Waals surface area contributed by atoms with Crippen LogP contribution in [0.5, 0.6) is 11.5 Å². The van der Waals surface area contributed by atoms with E-state index in [-0.39, 0.29) is 80.7 Å². The van der Waals surface area contributed by atoms with Crippen molar-refractivity contribution in [1.29, 1.82) is 0 Å². The van der Waals surface area contributed by atoms with Gasteiger partial charge in [-0.15, -0.1) is 0 Å². The van der Waals surface area contributed by atoms with Crippen molar-refractivity contribution in [3.05, 3.63) is 211 Å². The Labute approximate surface area is 619 Å². The molecule has 10 N–H and O–H groups in total. The maximum atomic E-state index is 13.4. The molecule has 0 unspecified atom stereocenters. The van der Waals surface area contributed by atoms with Crippen LogP contribution in [0.1, 0.15) is 146 Å². The maximum Gasteiger partial charge on any atom is 0.255 e. The average Bonchev–Trinajstić information content (AvgIpc) is 0.782. The van der Waals surface area contributed by atoms with Gasteiger partial charge in [-0.3, -0.25) is 28.8 Å². The lowest BCUT2D eigenvalue weighted by Crippen LogP contribution is -2.43. The molecule has 6 aromatic carbocycles. The second-order valence-electron chi connectivity index (χ2n) is 31.2. The van der Waals surface area contributed by atoms with Gasteiger partial charge in [-0.1, -0.05) is 102 Å². The molecule has 0 aliphatic carbocycles. The Morgan fingerprint density at radius 3 is 1.26 bits per heavy atom. The van der Waals surface area contributed by atoms with Crippen LogP contribution in [0.3, 0.4) is 0 Å². The van der Waals surface area contributed by atoms with Crippen molar-refractivity contribution in [3.8, 4) is 11.5 Å². The smallest absolute Gasteiger partial charge is 0.255 e. The fourth-order valence-electron chi connectivity index (χ4n) is 13.0. The van der Waals surface area contributed by atoms with E-state index < -0.39 is 16.6 Å². The monoisotopic (exact) mass is 1460 g/mol.